The molecule has 0 fully saturated rings. The molecule has 0 aromatic heterocycles. The molecule has 0 saturated heterocycles. The van der Waals surface area contributed by atoms with Gasteiger partial charge in [-0.1, -0.05) is 29.3 Å². The summed E-state index contributed by atoms with van der Waals surface area (Å²) in [6.45, 7) is 1.98. The summed E-state index contributed by atoms with van der Waals surface area (Å²) in [6, 6.07) is 4.52. The van der Waals surface area contributed by atoms with E-state index in [0.29, 0.717) is 16.6 Å². The minimum atomic E-state index is -0.889. The van der Waals surface area contributed by atoms with E-state index < -0.39 is 12.0 Å². The summed E-state index contributed by atoms with van der Waals surface area (Å²) < 4.78 is 0. The van der Waals surface area contributed by atoms with Crippen LogP contribution in [-0.2, 0) is 11.3 Å². The second-order valence-corrected chi connectivity index (χ2v) is 4.02. The number of halogens is 3. The molecule has 1 unspecified atom stereocenters. The highest BCUT2D eigenvalue weighted by atomic mass is 35.5. The molecular formula is C10H12Cl3NO2. The highest BCUT2D eigenvalue weighted by Gasteiger charge is 2.10. The van der Waals surface area contributed by atoms with Crippen molar-refractivity contribution in [2.24, 2.45) is 0 Å². The minimum absolute atomic E-state index is 0. The van der Waals surface area contributed by atoms with Crippen LogP contribution < -0.4 is 5.32 Å². The maximum Gasteiger partial charge on any atom is 0.320 e. The van der Waals surface area contributed by atoms with Crippen LogP contribution in [0.25, 0.3) is 0 Å². The molecule has 0 spiro atoms. The van der Waals surface area contributed by atoms with E-state index in [0.717, 1.165) is 5.56 Å². The maximum atomic E-state index is 10.5. The number of benzene rings is 1. The fourth-order valence-electron chi connectivity index (χ4n) is 1.02. The Morgan fingerprint density at radius 3 is 2.62 bits per heavy atom. The lowest BCUT2D eigenvalue weighted by molar-refractivity contribution is -0.139. The van der Waals surface area contributed by atoms with Crippen LogP contribution in [0.4, 0.5) is 0 Å². The van der Waals surface area contributed by atoms with Gasteiger partial charge in [0.15, 0.2) is 0 Å². The Morgan fingerprint density at radius 2 is 2.12 bits per heavy atom. The van der Waals surface area contributed by atoms with E-state index in [4.69, 9.17) is 28.3 Å². The van der Waals surface area contributed by atoms with Crippen LogP contribution in [0.3, 0.4) is 0 Å². The first kappa shape index (κ1) is 15.5. The summed E-state index contributed by atoms with van der Waals surface area (Å²) in [5.74, 6) is -0.889. The van der Waals surface area contributed by atoms with Gasteiger partial charge in [0, 0.05) is 16.6 Å². The second-order valence-electron chi connectivity index (χ2n) is 3.18. The van der Waals surface area contributed by atoms with Gasteiger partial charge in [0.25, 0.3) is 0 Å². The molecule has 0 radical (unpaired) electrons. The van der Waals surface area contributed by atoms with Crippen LogP contribution in [0.15, 0.2) is 18.2 Å². The predicted molar refractivity (Wildman–Crippen MR) is 67.6 cm³/mol. The summed E-state index contributed by atoms with van der Waals surface area (Å²) in [7, 11) is 0. The smallest absolute Gasteiger partial charge is 0.320 e. The minimum Gasteiger partial charge on any atom is -0.480 e. The molecule has 0 saturated carbocycles. The Morgan fingerprint density at radius 1 is 1.50 bits per heavy atom. The molecule has 2 N–H and O–H groups in total. The molecule has 0 aliphatic heterocycles. The van der Waals surface area contributed by atoms with Crippen molar-refractivity contribution in [3.05, 3.63) is 33.8 Å². The van der Waals surface area contributed by atoms with Crippen molar-refractivity contribution >= 4 is 41.6 Å². The van der Waals surface area contributed by atoms with Crippen molar-refractivity contribution in [3.8, 4) is 0 Å². The number of hydrogen-bond acceptors (Lipinski definition) is 2. The van der Waals surface area contributed by atoms with E-state index in [9.17, 15) is 4.79 Å². The molecule has 90 valence electrons. The van der Waals surface area contributed by atoms with Gasteiger partial charge in [-0.25, -0.2) is 0 Å². The fourth-order valence-corrected chi connectivity index (χ4v) is 1.49. The van der Waals surface area contributed by atoms with Gasteiger partial charge in [-0.3, -0.25) is 4.79 Å². The predicted octanol–water partition coefficient (Wildman–Crippen LogP) is 2.98. The summed E-state index contributed by atoms with van der Waals surface area (Å²) in [5.41, 5.74) is 0.828. The molecule has 16 heavy (non-hydrogen) atoms. The first-order valence-corrected chi connectivity index (χ1v) is 5.16. The van der Waals surface area contributed by atoms with Gasteiger partial charge in [0.05, 0.1) is 0 Å². The van der Waals surface area contributed by atoms with Crippen molar-refractivity contribution in [2.75, 3.05) is 0 Å². The zero-order valence-corrected chi connectivity index (χ0v) is 10.9. The molecule has 1 aromatic rings. The van der Waals surface area contributed by atoms with E-state index in [1.54, 1.807) is 25.1 Å². The van der Waals surface area contributed by atoms with Crippen molar-refractivity contribution in [1.29, 1.82) is 0 Å². The number of aliphatic carboxylic acids is 1. The standard InChI is InChI=1S/C10H11Cl2NO2.ClH/c1-6(10(14)15)13-5-7-2-3-8(11)4-9(7)12;/h2-4,6,13H,5H2,1H3,(H,14,15);1H. The molecule has 3 nitrogen and oxygen atoms in total. The number of carboxylic acids is 1. The van der Waals surface area contributed by atoms with Gasteiger partial charge < -0.3 is 10.4 Å². The summed E-state index contributed by atoms with van der Waals surface area (Å²) in [5, 5.41) is 12.6. The van der Waals surface area contributed by atoms with Gasteiger partial charge in [-0.2, -0.15) is 0 Å². The topological polar surface area (TPSA) is 49.3 Å². The van der Waals surface area contributed by atoms with Gasteiger partial charge in [0.1, 0.15) is 6.04 Å². The second kappa shape index (κ2) is 6.97. The molecule has 0 bridgehead atoms. The lowest BCUT2D eigenvalue weighted by Gasteiger charge is -2.10. The Balaban J connectivity index is 0.00000225. The van der Waals surface area contributed by atoms with Crippen LogP contribution in [-0.4, -0.2) is 17.1 Å². The molecule has 0 aliphatic rings. The Kier molecular flexibility index (Phi) is 6.76. The first-order chi connectivity index (χ1) is 7.00. The molecule has 0 aliphatic carbocycles. The molecule has 1 aromatic carbocycles. The van der Waals surface area contributed by atoms with Gasteiger partial charge >= 0.3 is 5.97 Å². The van der Waals surface area contributed by atoms with Gasteiger partial charge in [0.2, 0.25) is 0 Å². The zero-order chi connectivity index (χ0) is 11.4. The maximum absolute atomic E-state index is 10.5. The average molecular weight is 285 g/mol. The quantitative estimate of drug-likeness (QED) is 0.893. The first-order valence-electron chi connectivity index (χ1n) is 4.41. The summed E-state index contributed by atoms with van der Waals surface area (Å²) in [6.07, 6.45) is 0. The van der Waals surface area contributed by atoms with Crippen LogP contribution in [0.1, 0.15) is 12.5 Å². The molecule has 1 atom stereocenters. The fraction of sp³-hybridized carbons (Fsp3) is 0.300. The molecule has 0 heterocycles. The van der Waals surface area contributed by atoms with Crippen LogP contribution >= 0.6 is 35.6 Å². The molecule has 6 heteroatoms. The Labute approximate surface area is 110 Å². The lowest BCUT2D eigenvalue weighted by atomic mass is 10.2. The highest BCUT2D eigenvalue weighted by molar-refractivity contribution is 6.35. The summed E-state index contributed by atoms with van der Waals surface area (Å²) >= 11 is 11.7. The number of carboxylic acid groups (broad SMARTS) is 1. The highest BCUT2D eigenvalue weighted by Crippen LogP contribution is 2.20. The van der Waals surface area contributed by atoms with E-state index in [2.05, 4.69) is 5.32 Å². The van der Waals surface area contributed by atoms with Crippen molar-refractivity contribution in [1.82, 2.24) is 5.32 Å². The summed E-state index contributed by atoms with van der Waals surface area (Å²) in [4.78, 5) is 10.5. The van der Waals surface area contributed by atoms with E-state index in [1.165, 1.54) is 0 Å². The van der Waals surface area contributed by atoms with Crippen LogP contribution in [0.2, 0.25) is 10.0 Å². The van der Waals surface area contributed by atoms with E-state index in [-0.39, 0.29) is 12.4 Å². The molecule has 1 rings (SSSR count). The van der Waals surface area contributed by atoms with Gasteiger partial charge in [-0.15, -0.1) is 12.4 Å². The van der Waals surface area contributed by atoms with Crippen LogP contribution in [0, 0.1) is 0 Å². The molecular weight excluding hydrogens is 272 g/mol. The monoisotopic (exact) mass is 283 g/mol. The Hall–Kier alpha value is -0.480. The number of carbonyl (C=O) groups is 1. The SMILES string of the molecule is CC(NCc1ccc(Cl)cc1Cl)C(=O)O.Cl. The average Bonchev–Trinajstić information content (AvgIpc) is 2.15. The third kappa shape index (κ3) is 4.58. The van der Waals surface area contributed by atoms with E-state index in [1.807, 2.05) is 0 Å². The largest absolute Gasteiger partial charge is 0.480 e. The van der Waals surface area contributed by atoms with Crippen LogP contribution in [0.5, 0.6) is 0 Å². The van der Waals surface area contributed by atoms with Crippen molar-refractivity contribution in [2.45, 2.75) is 19.5 Å². The normalized spacial score (nSPS) is 11.7. The lowest BCUT2D eigenvalue weighted by Crippen LogP contribution is -2.33. The number of nitrogens with one attached hydrogen (secondary N) is 1. The zero-order valence-electron chi connectivity index (χ0n) is 8.54. The third-order valence-corrected chi connectivity index (χ3v) is 2.57. The Bertz CT molecular complexity index is 371. The van der Waals surface area contributed by atoms with Crippen molar-refractivity contribution < 1.29 is 9.90 Å². The number of rotatable bonds is 4. The third-order valence-electron chi connectivity index (χ3n) is 1.98. The van der Waals surface area contributed by atoms with Crippen molar-refractivity contribution in [3.63, 3.8) is 0 Å². The van der Waals surface area contributed by atoms with Gasteiger partial charge in [-0.05, 0) is 24.6 Å². The number of hydrogen-bond donors (Lipinski definition) is 2. The van der Waals surface area contributed by atoms with E-state index >= 15 is 0 Å². The molecule has 0 amide bonds.